The molecule has 1 nitrogen and oxygen atoms in total. The van der Waals surface area contributed by atoms with E-state index in [1.54, 1.807) is 6.92 Å². The molecule has 0 spiro atoms. The molecule has 0 fully saturated rings. The van der Waals surface area contributed by atoms with Crippen molar-refractivity contribution in [2.24, 2.45) is 0 Å². The number of halogens is 1. The fourth-order valence-corrected chi connectivity index (χ4v) is 0. The molecule has 2 heteroatoms. The Bertz CT molecular complexity index is 53.6. The summed E-state index contributed by atoms with van der Waals surface area (Å²) < 4.78 is -0.132. The number of hydrogen-bond donors (Lipinski definition) is 1. The van der Waals surface area contributed by atoms with Crippen LogP contribution in [0.2, 0.25) is 0 Å². The van der Waals surface area contributed by atoms with Crippen LogP contribution in [0.5, 0.6) is 0 Å². The van der Waals surface area contributed by atoms with Crippen molar-refractivity contribution >= 4 is 15.9 Å². The van der Waals surface area contributed by atoms with E-state index in [2.05, 4.69) is 15.9 Å². The minimum absolute atomic E-state index is 0.132. The summed E-state index contributed by atoms with van der Waals surface area (Å²) in [6, 6.07) is 0. The van der Waals surface area contributed by atoms with E-state index in [9.17, 15) is 0 Å². The van der Waals surface area contributed by atoms with Crippen LogP contribution in [0.4, 0.5) is 0 Å². The molecule has 0 amide bonds. The lowest BCUT2D eigenvalue weighted by Crippen LogP contribution is -2.25. The zero-order valence-electron chi connectivity index (χ0n) is 4.90. The lowest BCUT2D eigenvalue weighted by atomic mass is 10.1. The first-order chi connectivity index (χ1) is 2.94. The third-order valence-electron chi connectivity index (χ3n) is 0.993. The van der Waals surface area contributed by atoms with Crippen molar-refractivity contribution in [3.63, 3.8) is 0 Å². The van der Waals surface area contributed by atoms with Gasteiger partial charge in [0.2, 0.25) is 0 Å². The summed E-state index contributed by atoms with van der Waals surface area (Å²) in [6.45, 7) is 5.62. The highest BCUT2D eigenvalue weighted by Gasteiger charge is 2.18. The maximum Gasteiger partial charge on any atom is 0.0659 e. The van der Waals surface area contributed by atoms with Gasteiger partial charge in [-0.3, -0.25) is 0 Å². The molecule has 1 N–H and O–H groups in total. The largest absolute Gasteiger partial charge is 0.392 e. The van der Waals surface area contributed by atoms with Gasteiger partial charge in [0.25, 0.3) is 0 Å². The van der Waals surface area contributed by atoms with Gasteiger partial charge in [0.1, 0.15) is 0 Å². The Hall–Kier alpha value is 0.440. The van der Waals surface area contributed by atoms with E-state index in [-0.39, 0.29) is 10.4 Å². The SMILES string of the molecule is CC(O)C(C)(C)Br. The Morgan fingerprint density at radius 3 is 1.71 bits per heavy atom. The molecule has 44 valence electrons. The van der Waals surface area contributed by atoms with Gasteiger partial charge in [0, 0.05) is 4.32 Å². The molecule has 7 heavy (non-hydrogen) atoms. The summed E-state index contributed by atoms with van der Waals surface area (Å²) in [7, 11) is 0. The van der Waals surface area contributed by atoms with E-state index in [0.717, 1.165) is 0 Å². The zero-order chi connectivity index (χ0) is 6.08. The normalized spacial score (nSPS) is 16.7. The molecule has 1 unspecified atom stereocenters. The molecule has 0 aliphatic heterocycles. The van der Waals surface area contributed by atoms with Crippen molar-refractivity contribution in [3.05, 3.63) is 0 Å². The second-order valence-corrected chi connectivity index (χ2v) is 4.28. The number of aliphatic hydroxyl groups excluding tert-OH is 1. The maximum atomic E-state index is 8.84. The molecule has 0 aromatic heterocycles. The van der Waals surface area contributed by atoms with Crippen molar-refractivity contribution in [1.29, 1.82) is 0 Å². The Balaban J connectivity index is 3.54. The molecule has 0 saturated heterocycles. The van der Waals surface area contributed by atoms with E-state index < -0.39 is 0 Å². The zero-order valence-corrected chi connectivity index (χ0v) is 6.49. The maximum absolute atomic E-state index is 8.84. The molecule has 0 aliphatic carbocycles. The Morgan fingerprint density at radius 1 is 1.57 bits per heavy atom. The van der Waals surface area contributed by atoms with Gasteiger partial charge in [0.05, 0.1) is 6.10 Å². The second-order valence-electron chi connectivity index (χ2n) is 2.24. The fraction of sp³-hybridized carbons (Fsp3) is 1.00. The lowest BCUT2D eigenvalue weighted by Gasteiger charge is -2.18. The number of hydrogen-bond acceptors (Lipinski definition) is 1. The quantitative estimate of drug-likeness (QED) is 0.587. The van der Waals surface area contributed by atoms with E-state index in [1.807, 2.05) is 13.8 Å². The monoisotopic (exact) mass is 166 g/mol. The average molecular weight is 167 g/mol. The second kappa shape index (κ2) is 2.14. The summed E-state index contributed by atoms with van der Waals surface area (Å²) in [5, 5.41) is 8.84. The summed E-state index contributed by atoms with van der Waals surface area (Å²) in [6.07, 6.45) is -0.285. The Morgan fingerprint density at radius 2 is 1.71 bits per heavy atom. The summed E-state index contributed by atoms with van der Waals surface area (Å²) in [4.78, 5) is 0. The third kappa shape index (κ3) is 3.06. The summed E-state index contributed by atoms with van der Waals surface area (Å²) in [5.74, 6) is 0. The molecule has 0 radical (unpaired) electrons. The van der Waals surface area contributed by atoms with E-state index in [0.29, 0.717) is 0 Å². The van der Waals surface area contributed by atoms with Gasteiger partial charge in [0.15, 0.2) is 0 Å². The van der Waals surface area contributed by atoms with Gasteiger partial charge < -0.3 is 5.11 Å². The topological polar surface area (TPSA) is 20.2 Å². The van der Waals surface area contributed by atoms with Gasteiger partial charge in [-0.15, -0.1) is 0 Å². The van der Waals surface area contributed by atoms with E-state index in [1.165, 1.54) is 0 Å². The molecule has 0 aromatic carbocycles. The van der Waals surface area contributed by atoms with Crippen LogP contribution in [-0.2, 0) is 0 Å². The number of rotatable bonds is 1. The minimum Gasteiger partial charge on any atom is -0.392 e. The molecule has 0 heterocycles. The van der Waals surface area contributed by atoms with Crippen molar-refractivity contribution in [1.82, 2.24) is 0 Å². The van der Waals surface area contributed by atoms with Crippen LogP contribution in [0.15, 0.2) is 0 Å². The summed E-state index contributed by atoms with van der Waals surface area (Å²) in [5.41, 5.74) is 0. The summed E-state index contributed by atoms with van der Waals surface area (Å²) >= 11 is 3.29. The van der Waals surface area contributed by atoms with Gasteiger partial charge in [-0.1, -0.05) is 15.9 Å². The highest BCUT2D eigenvalue weighted by Crippen LogP contribution is 2.19. The predicted octanol–water partition coefficient (Wildman–Crippen LogP) is 1.54. The molecular formula is C5H11BrO. The Labute approximate surface area is 52.9 Å². The molecule has 0 bridgehead atoms. The van der Waals surface area contributed by atoms with Crippen LogP contribution in [-0.4, -0.2) is 15.5 Å². The molecular weight excluding hydrogens is 156 g/mol. The molecule has 0 saturated carbocycles. The van der Waals surface area contributed by atoms with Crippen molar-refractivity contribution < 1.29 is 5.11 Å². The molecule has 1 atom stereocenters. The third-order valence-corrected chi connectivity index (χ3v) is 1.66. The van der Waals surface area contributed by atoms with E-state index in [4.69, 9.17) is 5.11 Å². The van der Waals surface area contributed by atoms with Gasteiger partial charge in [-0.25, -0.2) is 0 Å². The predicted molar refractivity (Wildman–Crippen MR) is 34.7 cm³/mol. The first kappa shape index (κ1) is 7.44. The fourth-order valence-electron chi connectivity index (χ4n) is 0. The van der Waals surface area contributed by atoms with Crippen molar-refractivity contribution in [2.75, 3.05) is 0 Å². The number of alkyl halides is 1. The van der Waals surface area contributed by atoms with Gasteiger partial charge in [-0.05, 0) is 20.8 Å². The minimum atomic E-state index is -0.285. The van der Waals surface area contributed by atoms with Crippen molar-refractivity contribution in [3.8, 4) is 0 Å². The van der Waals surface area contributed by atoms with Crippen LogP contribution in [0.25, 0.3) is 0 Å². The standard InChI is InChI=1S/C5H11BrO/c1-4(7)5(2,3)6/h4,7H,1-3H3. The highest BCUT2D eigenvalue weighted by atomic mass is 79.9. The smallest absolute Gasteiger partial charge is 0.0659 e. The Kier molecular flexibility index (Phi) is 2.27. The molecule has 0 aliphatic rings. The van der Waals surface area contributed by atoms with Crippen LogP contribution in [0.1, 0.15) is 20.8 Å². The van der Waals surface area contributed by atoms with E-state index >= 15 is 0 Å². The van der Waals surface area contributed by atoms with Crippen molar-refractivity contribution in [2.45, 2.75) is 31.2 Å². The average Bonchev–Trinajstić information content (AvgIpc) is 1.31. The van der Waals surface area contributed by atoms with Crippen LogP contribution in [0.3, 0.4) is 0 Å². The highest BCUT2D eigenvalue weighted by molar-refractivity contribution is 9.10. The first-order valence-electron chi connectivity index (χ1n) is 2.31. The van der Waals surface area contributed by atoms with Gasteiger partial charge >= 0.3 is 0 Å². The van der Waals surface area contributed by atoms with Crippen LogP contribution < -0.4 is 0 Å². The van der Waals surface area contributed by atoms with Gasteiger partial charge in [-0.2, -0.15) is 0 Å². The van der Waals surface area contributed by atoms with Crippen LogP contribution in [0, 0.1) is 0 Å². The van der Waals surface area contributed by atoms with Crippen LogP contribution >= 0.6 is 15.9 Å². The first-order valence-corrected chi connectivity index (χ1v) is 3.11. The molecule has 0 aromatic rings. The number of aliphatic hydroxyl groups is 1. The lowest BCUT2D eigenvalue weighted by molar-refractivity contribution is 0.164. The molecule has 0 rings (SSSR count).